The lowest BCUT2D eigenvalue weighted by Gasteiger charge is -2.36. The van der Waals surface area contributed by atoms with Crippen molar-refractivity contribution in [3.8, 4) is 0 Å². The quantitative estimate of drug-likeness (QED) is 0.876. The number of ether oxygens (including phenoxy) is 1. The van der Waals surface area contributed by atoms with E-state index in [-0.39, 0.29) is 0 Å². The summed E-state index contributed by atoms with van der Waals surface area (Å²) in [6, 6.07) is 3.55. The first-order valence-corrected chi connectivity index (χ1v) is 6.34. The van der Waals surface area contributed by atoms with Crippen LogP contribution in [0.25, 0.3) is 0 Å². The Hall–Kier alpha value is -1.00. The zero-order valence-electron chi connectivity index (χ0n) is 10.4. The summed E-state index contributed by atoms with van der Waals surface area (Å²) < 4.78 is 31.2. The summed E-state index contributed by atoms with van der Waals surface area (Å²) in [4.78, 5) is 0. The van der Waals surface area contributed by atoms with Crippen LogP contribution in [0.3, 0.4) is 0 Å². The molecule has 1 saturated carbocycles. The average molecular weight is 256 g/mol. The Labute approximate surface area is 106 Å². The Morgan fingerprint density at radius 3 is 2.67 bits per heavy atom. The second-order valence-electron chi connectivity index (χ2n) is 4.84. The van der Waals surface area contributed by atoms with Gasteiger partial charge in [0.15, 0.2) is 11.6 Å². The summed E-state index contributed by atoms with van der Waals surface area (Å²) in [5, 5.41) is 9.96. The van der Waals surface area contributed by atoms with Gasteiger partial charge in [0.2, 0.25) is 0 Å². The molecule has 0 amide bonds. The van der Waals surface area contributed by atoms with Crippen molar-refractivity contribution in [1.82, 2.24) is 0 Å². The summed E-state index contributed by atoms with van der Waals surface area (Å²) in [5.41, 5.74) is 0.439. The molecule has 1 N–H and O–H groups in total. The van der Waals surface area contributed by atoms with Gasteiger partial charge in [-0.2, -0.15) is 0 Å². The molecule has 0 bridgehead atoms. The van der Waals surface area contributed by atoms with E-state index in [2.05, 4.69) is 0 Å². The van der Waals surface area contributed by atoms with Crippen LogP contribution in [0.5, 0.6) is 0 Å². The minimum atomic E-state index is -0.910. The SMILES string of the molecule is CCOC1CC(CC(O)c2ccc(F)c(F)c2)C1. The number of aliphatic hydroxyl groups excluding tert-OH is 1. The summed E-state index contributed by atoms with van der Waals surface area (Å²) in [7, 11) is 0. The molecule has 2 rings (SSSR count). The van der Waals surface area contributed by atoms with Gasteiger partial charge in [0.1, 0.15) is 0 Å². The fourth-order valence-electron chi connectivity index (χ4n) is 2.41. The molecule has 0 radical (unpaired) electrons. The number of aliphatic hydroxyl groups is 1. The smallest absolute Gasteiger partial charge is 0.159 e. The van der Waals surface area contributed by atoms with E-state index in [9.17, 15) is 13.9 Å². The van der Waals surface area contributed by atoms with Crippen LogP contribution in [0.15, 0.2) is 18.2 Å². The molecule has 1 aliphatic rings. The molecule has 18 heavy (non-hydrogen) atoms. The third kappa shape index (κ3) is 3.06. The van der Waals surface area contributed by atoms with Crippen molar-refractivity contribution in [3.05, 3.63) is 35.4 Å². The summed E-state index contributed by atoms with van der Waals surface area (Å²) in [6.45, 7) is 2.67. The molecule has 1 unspecified atom stereocenters. The number of benzene rings is 1. The Morgan fingerprint density at radius 2 is 2.06 bits per heavy atom. The summed E-state index contributed by atoms with van der Waals surface area (Å²) in [5.74, 6) is -1.39. The predicted molar refractivity (Wildman–Crippen MR) is 64.1 cm³/mol. The van der Waals surface area contributed by atoms with Gasteiger partial charge in [0.25, 0.3) is 0 Å². The van der Waals surface area contributed by atoms with Crippen LogP contribution in [-0.2, 0) is 4.74 Å². The molecule has 2 nitrogen and oxygen atoms in total. The van der Waals surface area contributed by atoms with Gasteiger partial charge in [-0.3, -0.25) is 0 Å². The van der Waals surface area contributed by atoms with Crippen molar-refractivity contribution in [2.24, 2.45) is 5.92 Å². The maximum Gasteiger partial charge on any atom is 0.159 e. The Bertz CT molecular complexity index is 403. The Balaban J connectivity index is 1.85. The molecule has 0 heterocycles. The third-order valence-electron chi connectivity index (χ3n) is 3.48. The molecule has 0 aromatic heterocycles. The van der Waals surface area contributed by atoms with Crippen LogP contribution < -0.4 is 0 Å². The Morgan fingerprint density at radius 1 is 1.33 bits per heavy atom. The molecule has 0 saturated heterocycles. The summed E-state index contributed by atoms with van der Waals surface area (Å²) in [6.07, 6.45) is 2.03. The van der Waals surface area contributed by atoms with Gasteiger partial charge < -0.3 is 9.84 Å². The van der Waals surface area contributed by atoms with Gasteiger partial charge >= 0.3 is 0 Å². The normalized spacial score (nSPS) is 24.7. The van der Waals surface area contributed by atoms with E-state index in [1.807, 2.05) is 6.92 Å². The zero-order chi connectivity index (χ0) is 13.1. The van der Waals surface area contributed by atoms with E-state index < -0.39 is 17.7 Å². The molecule has 1 aromatic carbocycles. The standard InChI is InChI=1S/C14H18F2O2/c1-2-18-11-5-9(6-11)7-14(17)10-3-4-12(15)13(16)8-10/h3-4,8-9,11,14,17H,2,5-7H2,1H3. The van der Waals surface area contributed by atoms with Crippen molar-refractivity contribution in [2.45, 2.75) is 38.4 Å². The van der Waals surface area contributed by atoms with E-state index in [1.54, 1.807) is 0 Å². The van der Waals surface area contributed by atoms with E-state index in [1.165, 1.54) is 6.07 Å². The Kier molecular flexibility index (Phi) is 4.30. The molecule has 1 fully saturated rings. The first-order chi connectivity index (χ1) is 8.60. The van der Waals surface area contributed by atoms with E-state index in [0.29, 0.717) is 30.6 Å². The molecule has 4 heteroatoms. The average Bonchev–Trinajstić information content (AvgIpc) is 2.30. The largest absolute Gasteiger partial charge is 0.388 e. The van der Waals surface area contributed by atoms with Crippen molar-refractivity contribution in [3.63, 3.8) is 0 Å². The first-order valence-electron chi connectivity index (χ1n) is 6.34. The minimum absolute atomic E-state index is 0.303. The van der Waals surface area contributed by atoms with Crippen molar-refractivity contribution in [1.29, 1.82) is 0 Å². The van der Waals surface area contributed by atoms with Gasteiger partial charge in [-0.25, -0.2) is 8.78 Å². The highest BCUT2D eigenvalue weighted by atomic mass is 19.2. The lowest BCUT2D eigenvalue weighted by Crippen LogP contribution is -2.32. The molecular formula is C14H18F2O2. The van der Waals surface area contributed by atoms with Crippen molar-refractivity contribution in [2.75, 3.05) is 6.61 Å². The van der Waals surface area contributed by atoms with Gasteiger partial charge in [-0.05, 0) is 49.8 Å². The molecule has 1 aromatic rings. The maximum atomic E-state index is 13.0. The lowest BCUT2D eigenvalue weighted by atomic mass is 9.78. The van der Waals surface area contributed by atoms with Gasteiger partial charge in [-0.15, -0.1) is 0 Å². The molecule has 1 atom stereocenters. The van der Waals surface area contributed by atoms with Crippen LogP contribution in [0.2, 0.25) is 0 Å². The van der Waals surface area contributed by atoms with Crippen LogP contribution in [0.1, 0.15) is 37.9 Å². The van der Waals surface area contributed by atoms with Gasteiger partial charge in [0, 0.05) is 6.61 Å². The summed E-state index contributed by atoms with van der Waals surface area (Å²) >= 11 is 0. The molecular weight excluding hydrogens is 238 g/mol. The highest BCUT2D eigenvalue weighted by Gasteiger charge is 2.31. The minimum Gasteiger partial charge on any atom is -0.388 e. The highest BCUT2D eigenvalue weighted by Crippen LogP contribution is 2.37. The predicted octanol–water partition coefficient (Wildman–Crippen LogP) is 3.20. The molecule has 0 spiro atoms. The fourth-order valence-corrected chi connectivity index (χ4v) is 2.41. The topological polar surface area (TPSA) is 29.5 Å². The monoisotopic (exact) mass is 256 g/mol. The molecule has 0 aliphatic heterocycles. The third-order valence-corrected chi connectivity index (χ3v) is 3.48. The van der Waals surface area contributed by atoms with Gasteiger partial charge in [-0.1, -0.05) is 6.07 Å². The van der Waals surface area contributed by atoms with Crippen LogP contribution in [-0.4, -0.2) is 17.8 Å². The highest BCUT2D eigenvalue weighted by molar-refractivity contribution is 5.20. The second kappa shape index (κ2) is 5.76. The maximum absolute atomic E-state index is 13.0. The number of hydrogen-bond donors (Lipinski definition) is 1. The van der Waals surface area contributed by atoms with Gasteiger partial charge in [0.05, 0.1) is 12.2 Å². The van der Waals surface area contributed by atoms with Crippen LogP contribution in [0.4, 0.5) is 8.78 Å². The van der Waals surface area contributed by atoms with Crippen LogP contribution >= 0.6 is 0 Å². The number of hydrogen-bond acceptors (Lipinski definition) is 2. The molecule has 1 aliphatic carbocycles. The van der Waals surface area contributed by atoms with Crippen LogP contribution in [0, 0.1) is 17.6 Å². The van der Waals surface area contributed by atoms with Crippen molar-refractivity contribution < 1.29 is 18.6 Å². The number of halogens is 2. The van der Waals surface area contributed by atoms with E-state index in [4.69, 9.17) is 4.74 Å². The van der Waals surface area contributed by atoms with E-state index in [0.717, 1.165) is 25.0 Å². The zero-order valence-corrected chi connectivity index (χ0v) is 10.4. The van der Waals surface area contributed by atoms with E-state index >= 15 is 0 Å². The lowest BCUT2D eigenvalue weighted by molar-refractivity contribution is -0.0380. The number of rotatable bonds is 5. The van der Waals surface area contributed by atoms with Crippen molar-refractivity contribution >= 4 is 0 Å². The first kappa shape index (κ1) is 13.4. The fraction of sp³-hybridized carbons (Fsp3) is 0.571. The molecule has 100 valence electrons. The second-order valence-corrected chi connectivity index (χ2v) is 4.84.